The highest BCUT2D eigenvalue weighted by molar-refractivity contribution is 5.79. The van der Waals surface area contributed by atoms with Gasteiger partial charge < -0.3 is 25.0 Å². The lowest BCUT2D eigenvalue weighted by Gasteiger charge is -2.34. The van der Waals surface area contributed by atoms with Gasteiger partial charge in [0.25, 0.3) is 0 Å². The molecule has 0 amide bonds. The molecule has 7 nitrogen and oxygen atoms in total. The highest BCUT2D eigenvalue weighted by atomic mass is 16.5. The smallest absolute Gasteiger partial charge is 0.191 e. The minimum absolute atomic E-state index is 0.474. The van der Waals surface area contributed by atoms with Crippen LogP contribution in [0, 0.1) is 11.8 Å². The molecule has 3 rings (SSSR count). The molecule has 0 radical (unpaired) electrons. The Balaban J connectivity index is 1.54. The minimum Gasteiger partial charge on any atom is -0.495 e. The third kappa shape index (κ3) is 7.27. The number of nitrogens with one attached hydrogen (secondary N) is 2. The SMILES string of the molecule is CCNC(=NCC(CC(C)C)N1CCOCC1)NCC1CCN(c2ccccc2OC)C1. The van der Waals surface area contributed by atoms with E-state index in [9.17, 15) is 0 Å². The third-order valence-electron chi connectivity index (χ3n) is 6.38. The summed E-state index contributed by atoms with van der Waals surface area (Å²) in [6, 6.07) is 8.78. The van der Waals surface area contributed by atoms with E-state index in [1.54, 1.807) is 7.11 Å². The molecule has 2 unspecified atom stereocenters. The maximum atomic E-state index is 5.56. The van der Waals surface area contributed by atoms with Gasteiger partial charge in [0, 0.05) is 45.3 Å². The number of nitrogens with zero attached hydrogens (tertiary/aromatic N) is 3. The van der Waals surface area contributed by atoms with Gasteiger partial charge in [0.05, 0.1) is 32.6 Å². The number of ether oxygens (including phenoxy) is 2. The van der Waals surface area contributed by atoms with E-state index in [4.69, 9.17) is 14.5 Å². The first-order valence-electron chi connectivity index (χ1n) is 12.3. The maximum absolute atomic E-state index is 5.56. The molecule has 2 aliphatic heterocycles. The molecule has 1 aromatic carbocycles. The van der Waals surface area contributed by atoms with Gasteiger partial charge in [-0.15, -0.1) is 0 Å². The number of guanidine groups is 1. The minimum atomic E-state index is 0.474. The predicted octanol–water partition coefficient (Wildman–Crippen LogP) is 2.82. The summed E-state index contributed by atoms with van der Waals surface area (Å²) < 4.78 is 11.1. The number of hydrogen-bond acceptors (Lipinski definition) is 5. The average Bonchev–Trinajstić information content (AvgIpc) is 3.29. The molecule has 2 N–H and O–H groups in total. The number of para-hydroxylation sites is 2. The Morgan fingerprint density at radius 2 is 1.97 bits per heavy atom. The average molecular weight is 446 g/mol. The van der Waals surface area contributed by atoms with Crippen LogP contribution < -0.4 is 20.3 Å². The Hall–Kier alpha value is -1.99. The number of rotatable bonds is 10. The summed E-state index contributed by atoms with van der Waals surface area (Å²) in [5, 5.41) is 7.05. The number of benzene rings is 1. The number of aliphatic imine (C=N–C) groups is 1. The zero-order valence-corrected chi connectivity index (χ0v) is 20.5. The lowest BCUT2D eigenvalue weighted by molar-refractivity contribution is 0.0143. The second kappa shape index (κ2) is 12.9. The molecule has 2 aliphatic rings. The molecular formula is C25H43N5O2. The monoisotopic (exact) mass is 445 g/mol. The first-order valence-corrected chi connectivity index (χ1v) is 12.3. The molecule has 0 aliphatic carbocycles. The van der Waals surface area contributed by atoms with Crippen LogP contribution in [0.4, 0.5) is 5.69 Å². The fourth-order valence-corrected chi connectivity index (χ4v) is 4.71. The Labute approximate surface area is 194 Å². The van der Waals surface area contributed by atoms with Crippen LogP contribution in [0.5, 0.6) is 5.75 Å². The van der Waals surface area contributed by atoms with E-state index >= 15 is 0 Å². The van der Waals surface area contributed by atoms with Crippen molar-refractivity contribution in [2.75, 3.05) is 71.0 Å². The van der Waals surface area contributed by atoms with E-state index in [0.29, 0.717) is 17.9 Å². The number of methoxy groups -OCH3 is 1. The molecule has 32 heavy (non-hydrogen) atoms. The van der Waals surface area contributed by atoms with Crippen molar-refractivity contribution in [2.45, 2.75) is 39.7 Å². The molecule has 2 atom stereocenters. The van der Waals surface area contributed by atoms with Crippen LogP contribution in [0.3, 0.4) is 0 Å². The van der Waals surface area contributed by atoms with Crippen molar-refractivity contribution >= 4 is 11.6 Å². The molecule has 0 bridgehead atoms. The molecule has 180 valence electrons. The molecule has 0 saturated carbocycles. The summed E-state index contributed by atoms with van der Waals surface area (Å²) in [6.07, 6.45) is 2.34. The highest BCUT2D eigenvalue weighted by Crippen LogP contribution is 2.31. The molecule has 1 aromatic rings. The Kier molecular flexibility index (Phi) is 9.93. The van der Waals surface area contributed by atoms with Crippen LogP contribution in [0.1, 0.15) is 33.6 Å². The van der Waals surface area contributed by atoms with Gasteiger partial charge in [-0.05, 0) is 43.7 Å². The van der Waals surface area contributed by atoms with Gasteiger partial charge in [-0.1, -0.05) is 26.0 Å². The molecule has 2 heterocycles. The summed E-state index contributed by atoms with van der Waals surface area (Å²) in [4.78, 5) is 9.98. The summed E-state index contributed by atoms with van der Waals surface area (Å²) >= 11 is 0. The molecule has 2 fully saturated rings. The molecular weight excluding hydrogens is 402 g/mol. The van der Waals surface area contributed by atoms with Crippen molar-refractivity contribution in [3.8, 4) is 5.75 Å². The molecule has 0 spiro atoms. The normalized spacial score (nSPS) is 21.1. The van der Waals surface area contributed by atoms with Gasteiger partial charge in [-0.3, -0.25) is 9.89 Å². The van der Waals surface area contributed by atoms with E-state index in [2.05, 4.69) is 53.3 Å². The van der Waals surface area contributed by atoms with Crippen molar-refractivity contribution in [1.29, 1.82) is 0 Å². The summed E-state index contributed by atoms with van der Waals surface area (Å²) in [5.74, 6) is 3.14. The largest absolute Gasteiger partial charge is 0.495 e. The third-order valence-corrected chi connectivity index (χ3v) is 6.38. The highest BCUT2D eigenvalue weighted by Gasteiger charge is 2.25. The summed E-state index contributed by atoms with van der Waals surface area (Å²) in [5.41, 5.74) is 1.19. The Bertz CT molecular complexity index is 705. The molecule has 7 heteroatoms. The standard InChI is InChI=1S/C25H43N5O2/c1-5-26-25(28-18-22(16-20(2)3)29-12-14-32-15-13-29)27-17-21-10-11-30(19-21)23-8-6-7-9-24(23)31-4/h6-9,20-22H,5,10-19H2,1-4H3,(H2,26,27,28). The van der Waals surface area contributed by atoms with Crippen LogP contribution in [-0.2, 0) is 4.74 Å². The van der Waals surface area contributed by atoms with Crippen molar-refractivity contribution in [3.63, 3.8) is 0 Å². The number of anilines is 1. The summed E-state index contributed by atoms with van der Waals surface area (Å²) in [6.45, 7) is 15.2. The van der Waals surface area contributed by atoms with Gasteiger partial charge in [0.15, 0.2) is 5.96 Å². The van der Waals surface area contributed by atoms with E-state index < -0.39 is 0 Å². The first kappa shape index (κ1) is 24.6. The topological polar surface area (TPSA) is 61.4 Å². The van der Waals surface area contributed by atoms with Gasteiger partial charge >= 0.3 is 0 Å². The summed E-state index contributed by atoms with van der Waals surface area (Å²) in [7, 11) is 1.75. The molecule has 2 saturated heterocycles. The van der Waals surface area contributed by atoms with E-state index in [-0.39, 0.29) is 0 Å². The van der Waals surface area contributed by atoms with E-state index in [0.717, 1.165) is 70.7 Å². The van der Waals surface area contributed by atoms with Crippen LogP contribution in [0.25, 0.3) is 0 Å². The van der Waals surface area contributed by atoms with Crippen LogP contribution in [-0.4, -0.2) is 83.0 Å². The number of hydrogen-bond donors (Lipinski definition) is 2. The zero-order valence-electron chi connectivity index (χ0n) is 20.5. The van der Waals surface area contributed by atoms with Crippen LogP contribution in [0.15, 0.2) is 29.3 Å². The van der Waals surface area contributed by atoms with Crippen molar-refractivity contribution < 1.29 is 9.47 Å². The fraction of sp³-hybridized carbons (Fsp3) is 0.720. The lowest BCUT2D eigenvalue weighted by atomic mass is 10.0. The van der Waals surface area contributed by atoms with Crippen molar-refractivity contribution in [3.05, 3.63) is 24.3 Å². The van der Waals surface area contributed by atoms with Crippen LogP contribution >= 0.6 is 0 Å². The second-order valence-corrected chi connectivity index (χ2v) is 9.30. The van der Waals surface area contributed by atoms with Crippen LogP contribution in [0.2, 0.25) is 0 Å². The van der Waals surface area contributed by atoms with Gasteiger partial charge in [-0.25, -0.2) is 0 Å². The zero-order chi connectivity index (χ0) is 22.8. The molecule has 0 aromatic heterocycles. The predicted molar refractivity (Wildman–Crippen MR) is 133 cm³/mol. The van der Waals surface area contributed by atoms with E-state index in [1.807, 2.05) is 12.1 Å². The first-order chi connectivity index (χ1) is 15.6. The van der Waals surface area contributed by atoms with Gasteiger partial charge in [-0.2, -0.15) is 0 Å². The lowest BCUT2D eigenvalue weighted by Crippen LogP contribution is -2.46. The van der Waals surface area contributed by atoms with Crippen molar-refractivity contribution in [2.24, 2.45) is 16.8 Å². The van der Waals surface area contributed by atoms with Crippen molar-refractivity contribution in [1.82, 2.24) is 15.5 Å². The Morgan fingerprint density at radius 1 is 1.19 bits per heavy atom. The Morgan fingerprint density at radius 3 is 2.69 bits per heavy atom. The number of morpholine rings is 1. The van der Waals surface area contributed by atoms with Gasteiger partial charge in [0.2, 0.25) is 0 Å². The second-order valence-electron chi connectivity index (χ2n) is 9.30. The maximum Gasteiger partial charge on any atom is 0.191 e. The fourth-order valence-electron chi connectivity index (χ4n) is 4.71. The van der Waals surface area contributed by atoms with E-state index in [1.165, 1.54) is 18.5 Å². The quantitative estimate of drug-likeness (QED) is 0.427. The van der Waals surface area contributed by atoms with Gasteiger partial charge in [0.1, 0.15) is 5.75 Å².